The summed E-state index contributed by atoms with van der Waals surface area (Å²) in [5.41, 5.74) is -0.505. The molecule has 64 valence electrons. The van der Waals surface area contributed by atoms with Gasteiger partial charge in [-0.1, -0.05) is 42.3 Å². The Hall–Kier alpha value is -0.830. The van der Waals surface area contributed by atoms with Gasteiger partial charge in [0.1, 0.15) is 0 Å². The van der Waals surface area contributed by atoms with Crippen LogP contribution in [0.4, 0.5) is 0 Å². The van der Waals surface area contributed by atoms with Crippen molar-refractivity contribution in [2.75, 3.05) is 0 Å². The number of rotatable bonds is 1. The second-order valence-corrected chi connectivity index (χ2v) is 3.27. The molecule has 0 atom stereocenters. The summed E-state index contributed by atoms with van der Waals surface area (Å²) in [5, 5.41) is 0. The Balaban J connectivity index is 3.03. The maximum atomic E-state index is 8.03. The first-order valence-corrected chi connectivity index (χ1v) is 4.52. The van der Waals surface area contributed by atoms with Crippen LogP contribution in [-0.4, -0.2) is 0 Å². The van der Waals surface area contributed by atoms with Crippen LogP contribution >= 0.6 is 22.6 Å². The van der Waals surface area contributed by atoms with Crippen LogP contribution in [0, 0.1) is 3.57 Å². The van der Waals surface area contributed by atoms with Gasteiger partial charge in [-0.15, -0.1) is 0 Å². The molecular formula is C12H9I. The second-order valence-electron chi connectivity index (χ2n) is 2.19. The predicted octanol–water partition coefficient (Wildman–Crippen LogP) is 3.96. The zero-order valence-corrected chi connectivity index (χ0v) is 8.54. The molecule has 0 fully saturated rings. The Bertz CT molecular complexity index is 675. The van der Waals surface area contributed by atoms with Crippen LogP contribution < -0.4 is 0 Å². The van der Waals surface area contributed by atoms with Gasteiger partial charge in [-0.25, -0.2) is 0 Å². The summed E-state index contributed by atoms with van der Waals surface area (Å²) in [6.45, 7) is 0. The molecule has 0 spiro atoms. The fourth-order valence-electron chi connectivity index (χ4n) is 0.821. The lowest BCUT2D eigenvalue weighted by molar-refractivity contribution is 1.59. The molecule has 2 rings (SSSR count). The van der Waals surface area contributed by atoms with Crippen LogP contribution in [-0.2, 0) is 0 Å². The third-order valence-electron chi connectivity index (χ3n) is 1.34. The minimum absolute atomic E-state index is 0.0976. The van der Waals surface area contributed by atoms with E-state index < -0.39 is 42.3 Å². The van der Waals surface area contributed by atoms with E-state index in [1.54, 1.807) is 22.6 Å². The topological polar surface area (TPSA) is 0 Å². The average Bonchev–Trinajstić information content (AvgIpc) is 2.50. The molecule has 13 heavy (non-hydrogen) atoms. The van der Waals surface area contributed by atoms with Crippen LogP contribution in [0.1, 0.15) is 12.3 Å². The third kappa shape index (κ3) is 2.10. The summed E-state index contributed by atoms with van der Waals surface area (Å²) < 4.78 is 70.2. The van der Waals surface area contributed by atoms with E-state index in [1.807, 2.05) is 0 Å². The van der Waals surface area contributed by atoms with Crippen molar-refractivity contribution in [2.45, 2.75) is 0 Å². The molecule has 0 heterocycles. The number of hydrogen-bond donors (Lipinski definition) is 0. The molecule has 0 aliphatic rings. The molecule has 0 aliphatic carbocycles. The first-order valence-electron chi connectivity index (χ1n) is 7.94. The monoisotopic (exact) mass is 289 g/mol. The largest absolute Gasteiger partial charge is 0.0640 e. The first-order chi connectivity index (χ1) is 10.1. The summed E-state index contributed by atoms with van der Waals surface area (Å²) in [5.74, 6) is 0. The second kappa shape index (κ2) is 3.92. The van der Waals surface area contributed by atoms with Gasteiger partial charge in [-0.05, 0) is 45.8 Å². The molecule has 0 amide bonds. The molecule has 0 saturated carbocycles. The Morgan fingerprint density at radius 1 is 0.846 bits per heavy atom. The van der Waals surface area contributed by atoms with Crippen LogP contribution in [0.3, 0.4) is 0 Å². The smallest absolute Gasteiger partial charge is 0.0622 e. The SMILES string of the molecule is [2H]c1c([2H])c([2H])c(-c2c([2H])c([2H])c([2H])c(I)c2[2H])c([2H])c1[2H]. The van der Waals surface area contributed by atoms with Gasteiger partial charge < -0.3 is 0 Å². The summed E-state index contributed by atoms with van der Waals surface area (Å²) in [6, 6.07) is -4.25. The van der Waals surface area contributed by atoms with Crippen molar-refractivity contribution in [1.29, 1.82) is 0 Å². The molecule has 0 N–H and O–H groups in total. The molecule has 2 aromatic rings. The van der Waals surface area contributed by atoms with E-state index in [-0.39, 0.29) is 26.8 Å². The molecule has 0 bridgehead atoms. The minimum Gasteiger partial charge on any atom is -0.0622 e. The van der Waals surface area contributed by atoms with Crippen molar-refractivity contribution in [3.63, 3.8) is 0 Å². The predicted molar refractivity (Wildman–Crippen MR) is 64.6 cm³/mol. The normalized spacial score (nSPS) is 19.6. The fraction of sp³-hybridized carbons (Fsp3) is 0. The maximum Gasteiger partial charge on any atom is 0.0640 e. The highest BCUT2D eigenvalue weighted by molar-refractivity contribution is 14.1. The van der Waals surface area contributed by atoms with Crippen molar-refractivity contribution < 1.29 is 12.3 Å². The van der Waals surface area contributed by atoms with Gasteiger partial charge in [0.05, 0.1) is 12.3 Å². The van der Waals surface area contributed by atoms with Crippen molar-refractivity contribution >= 4 is 22.6 Å². The Morgan fingerprint density at radius 2 is 1.54 bits per heavy atom. The highest BCUT2D eigenvalue weighted by atomic mass is 127. The first kappa shape index (κ1) is 3.09. The minimum atomic E-state index is -0.564. The van der Waals surface area contributed by atoms with E-state index in [4.69, 9.17) is 12.3 Å². The fourth-order valence-corrected chi connectivity index (χ4v) is 1.23. The van der Waals surface area contributed by atoms with Crippen LogP contribution in [0.5, 0.6) is 0 Å². The van der Waals surface area contributed by atoms with Gasteiger partial charge in [-0.2, -0.15) is 0 Å². The molecule has 1 heteroatoms. The van der Waals surface area contributed by atoms with Gasteiger partial charge in [-0.3, -0.25) is 0 Å². The standard InChI is InChI=1S/C12H9I/c13-12-8-4-7-11(9-12)10-5-2-1-3-6-10/h1-9H/i1D,2D,3D,4D,5D,6D,7D,8D,9D. The molecule has 0 aromatic heterocycles. The summed E-state index contributed by atoms with van der Waals surface area (Å²) in [7, 11) is 0. The van der Waals surface area contributed by atoms with Crippen LogP contribution in [0.15, 0.2) is 54.4 Å². The molecule has 2 aromatic carbocycles. The molecule has 0 nitrogen and oxygen atoms in total. The molecule has 0 saturated heterocycles. The lowest BCUT2D eigenvalue weighted by Crippen LogP contribution is -1.77. The number of benzene rings is 2. The van der Waals surface area contributed by atoms with Crippen molar-refractivity contribution in [2.24, 2.45) is 0 Å². The number of halogens is 1. The Labute approximate surface area is 104 Å². The van der Waals surface area contributed by atoms with Crippen molar-refractivity contribution in [3.8, 4) is 11.1 Å². The maximum absolute atomic E-state index is 8.03. The zero-order valence-electron chi connectivity index (χ0n) is 15.4. The molecule has 0 unspecified atom stereocenters. The summed E-state index contributed by atoms with van der Waals surface area (Å²) in [6.07, 6.45) is 0. The summed E-state index contributed by atoms with van der Waals surface area (Å²) in [4.78, 5) is 0. The third-order valence-corrected chi connectivity index (χ3v) is 1.88. The lowest BCUT2D eigenvalue weighted by Gasteiger charge is -2.00. The van der Waals surface area contributed by atoms with E-state index in [0.717, 1.165) is 0 Å². The van der Waals surface area contributed by atoms with Crippen molar-refractivity contribution in [3.05, 3.63) is 58.0 Å². The van der Waals surface area contributed by atoms with E-state index in [1.165, 1.54) is 0 Å². The quantitative estimate of drug-likeness (QED) is 0.697. The van der Waals surface area contributed by atoms with Crippen LogP contribution in [0.2, 0.25) is 0 Å². The molecule has 0 aliphatic heterocycles. The van der Waals surface area contributed by atoms with E-state index in [2.05, 4.69) is 0 Å². The Kier molecular flexibility index (Phi) is 0.931. The molecule has 0 radical (unpaired) electrons. The van der Waals surface area contributed by atoms with Gasteiger partial charge in [0.15, 0.2) is 0 Å². The van der Waals surface area contributed by atoms with Gasteiger partial charge in [0.25, 0.3) is 0 Å². The average molecular weight is 289 g/mol. The van der Waals surface area contributed by atoms with Gasteiger partial charge in [0.2, 0.25) is 0 Å². The van der Waals surface area contributed by atoms with E-state index in [0.29, 0.717) is 0 Å². The number of hydrogen-bond acceptors (Lipinski definition) is 0. The zero-order chi connectivity index (χ0) is 16.9. The Morgan fingerprint density at radius 3 is 2.31 bits per heavy atom. The lowest BCUT2D eigenvalue weighted by atomic mass is 10.1. The van der Waals surface area contributed by atoms with E-state index >= 15 is 0 Å². The summed E-state index contributed by atoms with van der Waals surface area (Å²) >= 11 is 1.68. The van der Waals surface area contributed by atoms with Gasteiger partial charge in [0, 0.05) is 3.57 Å². The van der Waals surface area contributed by atoms with Crippen molar-refractivity contribution in [1.82, 2.24) is 0 Å². The van der Waals surface area contributed by atoms with E-state index in [9.17, 15) is 0 Å². The highest BCUT2D eigenvalue weighted by Gasteiger charge is 1.95. The molecular weight excluding hydrogens is 271 g/mol. The van der Waals surface area contributed by atoms with Crippen LogP contribution in [0.25, 0.3) is 11.1 Å². The van der Waals surface area contributed by atoms with Gasteiger partial charge >= 0.3 is 0 Å². The highest BCUT2D eigenvalue weighted by Crippen LogP contribution is 2.20.